The molecule has 0 saturated heterocycles. The monoisotopic (exact) mass is 278 g/mol. The van der Waals surface area contributed by atoms with Gasteiger partial charge in [-0.2, -0.15) is 0 Å². The maximum Gasteiger partial charge on any atom is 0.161 e. The first-order valence-electron chi connectivity index (χ1n) is 7.47. The Bertz CT molecular complexity index is 436. The van der Waals surface area contributed by atoms with E-state index in [0.717, 1.165) is 43.1 Å². The molecule has 0 saturated carbocycles. The molecule has 0 fully saturated rings. The van der Waals surface area contributed by atoms with Gasteiger partial charge in [-0.3, -0.25) is 0 Å². The Morgan fingerprint density at radius 2 is 1.95 bits per heavy atom. The first-order chi connectivity index (χ1) is 9.61. The summed E-state index contributed by atoms with van der Waals surface area (Å²) < 4.78 is 11.4. The number of benzene rings is 1. The zero-order valence-corrected chi connectivity index (χ0v) is 12.8. The van der Waals surface area contributed by atoms with E-state index in [4.69, 9.17) is 15.2 Å². The van der Waals surface area contributed by atoms with Crippen LogP contribution in [0.25, 0.3) is 0 Å². The van der Waals surface area contributed by atoms with Crippen molar-refractivity contribution in [3.8, 4) is 11.5 Å². The predicted molar refractivity (Wildman–Crippen MR) is 81.4 cm³/mol. The quantitative estimate of drug-likeness (QED) is 0.899. The van der Waals surface area contributed by atoms with Crippen molar-refractivity contribution in [2.45, 2.75) is 38.8 Å². The van der Waals surface area contributed by atoms with Gasteiger partial charge < -0.3 is 20.1 Å². The van der Waals surface area contributed by atoms with Gasteiger partial charge in [0, 0.05) is 25.0 Å². The fourth-order valence-electron chi connectivity index (χ4n) is 2.32. The Labute approximate surface area is 121 Å². The summed E-state index contributed by atoms with van der Waals surface area (Å²) in [5.74, 6) is 1.65. The number of hydrogen-bond donors (Lipinski definition) is 1. The van der Waals surface area contributed by atoms with Gasteiger partial charge in [-0.25, -0.2) is 0 Å². The summed E-state index contributed by atoms with van der Waals surface area (Å²) in [6.45, 7) is 6.68. The highest BCUT2D eigenvalue weighted by atomic mass is 16.5. The van der Waals surface area contributed by atoms with E-state index in [2.05, 4.69) is 25.8 Å². The zero-order chi connectivity index (χ0) is 14.5. The summed E-state index contributed by atoms with van der Waals surface area (Å²) in [5, 5.41) is 0. The molecule has 2 N–H and O–H groups in total. The molecule has 0 bridgehead atoms. The zero-order valence-electron chi connectivity index (χ0n) is 12.8. The van der Waals surface area contributed by atoms with Gasteiger partial charge in [0.25, 0.3) is 0 Å². The summed E-state index contributed by atoms with van der Waals surface area (Å²) in [6.07, 6.45) is 2.05. The van der Waals surface area contributed by atoms with Crippen molar-refractivity contribution in [1.29, 1.82) is 0 Å². The summed E-state index contributed by atoms with van der Waals surface area (Å²) >= 11 is 0. The number of rotatable bonds is 5. The van der Waals surface area contributed by atoms with Gasteiger partial charge >= 0.3 is 0 Å². The van der Waals surface area contributed by atoms with Gasteiger partial charge in [-0.1, -0.05) is 13.0 Å². The minimum atomic E-state index is -0.00819. The number of nitrogens with two attached hydrogens (primary N) is 1. The first-order valence-corrected chi connectivity index (χ1v) is 7.47. The Balaban J connectivity index is 2.06. The van der Waals surface area contributed by atoms with E-state index >= 15 is 0 Å². The van der Waals surface area contributed by atoms with Crippen LogP contribution in [0.2, 0.25) is 0 Å². The lowest BCUT2D eigenvalue weighted by Crippen LogP contribution is -2.35. The van der Waals surface area contributed by atoms with Crippen LogP contribution in [0, 0.1) is 0 Å². The second-order valence-electron chi connectivity index (χ2n) is 5.56. The molecule has 1 heterocycles. The van der Waals surface area contributed by atoms with Crippen molar-refractivity contribution in [2.24, 2.45) is 5.73 Å². The highest BCUT2D eigenvalue weighted by Gasteiger charge is 2.16. The third-order valence-corrected chi connectivity index (χ3v) is 4.03. The molecule has 1 aliphatic heterocycles. The van der Waals surface area contributed by atoms with E-state index < -0.39 is 0 Å². The van der Waals surface area contributed by atoms with Crippen LogP contribution in [0.1, 0.15) is 38.3 Å². The summed E-state index contributed by atoms with van der Waals surface area (Å²) in [4.78, 5) is 2.30. The molecular weight excluding hydrogens is 252 g/mol. The van der Waals surface area contributed by atoms with Crippen LogP contribution in [-0.2, 0) is 0 Å². The molecule has 4 heteroatoms. The van der Waals surface area contributed by atoms with Crippen LogP contribution in [-0.4, -0.2) is 37.7 Å². The average Bonchev–Trinajstić information content (AvgIpc) is 2.70. The van der Waals surface area contributed by atoms with Gasteiger partial charge in [-0.05, 0) is 38.1 Å². The lowest BCUT2D eigenvalue weighted by molar-refractivity contribution is 0.237. The van der Waals surface area contributed by atoms with Gasteiger partial charge in [0.2, 0.25) is 0 Å². The number of nitrogens with zero attached hydrogens (tertiary/aromatic N) is 1. The van der Waals surface area contributed by atoms with Crippen LogP contribution < -0.4 is 15.2 Å². The predicted octanol–water partition coefficient (Wildman–Crippen LogP) is 2.58. The third kappa shape index (κ3) is 3.64. The molecule has 2 atom stereocenters. The summed E-state index contributed by atoms with van der Waals surface area (Å²) in [5.41, 5.74) is 7.42. The fraction of sp³-hybridized carbons (Fsp3) is 0.625. The summed E-state index contributed by atoms with van der Waals surface area (Å²) in [7, 11) is 2.12. The molecule has 1 aliphatic rings. The average molecular weight is 278 g/mol. The molecule has 112 valence electrons. The van der Waals surface area contributed by atoms with Gasteiger partial charge in [0.05, 0.1) is 13.2 Å². The van der Waals surface area contributed by atoms with Crippen molar-refractivity contribution in [3.63, 3.8) is 0 Å². The van der Waals surface area contributed by atoms with Gasteiger partial charge in [0.15, 0.2) is 11.5 Å². The molecule has 4 nitrogen and oxygen atoms in total. The second kappa shape index (κ2) is 6.95. The molecule has 0 aromatic heterocycles. The van der Waals surface area contributed by atoms with Gasteiger partial charge in [0.1, 0.15) is 0 Å². The van der Waals surface area contributed by atoms with E-state index in [9.17, 15) is 0 Å². The van der Waals surface area contributed by atoms with E-state index in [1.807, 2.05) is 18.2 Å². The molecule has 0 amide bonds. The van der Waals surface area contributed by atoms with Crippen LogP contribution in [0.4, 0.5) is 0 Å². The van der Waals surface area contributed by atoms with Crippen molar-refractivity contribution in [2.75, 3.05) is 26.8 Å². The second-order valence-corrected chi connectivity index (χ2v) is 5.56. The topological polar surface area (TPSA) is 47.7 Å². The molecule has 2 rings (SSSR count). The number of ether oxygens (including phenoxy) is 2. The Hall–Kier alpha value is -1.26. The Morgan fingerprint density at radius 1 is 1.25 bits per heavy atom. The lowest BCUT2D eigenvalue weighted by Gasteiger charge is -2.27. The largest absolute Gasteiger partial charge is 0.490 e. The molecule has 20 heavy (non-hydrogen) atoms. The van der Waals surface area contributed by atoms with E-state index in [1.165, 1.54) is 0 Å². The van der Waals surface area contributed by atoms with Crippen LogP contribution in [0.3, 0.4) is 0 Å². The van der Waals surface area contributed by atoms with Gasteiger partial charge in [-0.15, -0.1) is 0 Å². The van der Waals surface area contributed by atoms with Crippen molar-refractivity contribution in [3.05, 3.63) is 23.8 Å². The lowest BCUT2D eigenvalue weighted by atomic mass is 10.1. The minimum absolute atomic E-state index is 0.00819. The van der Waals surface area contributed by atoms with E-state index in [-0.39, 0.29) is 6.04 Å². The van der Waals surface area contributed by atoms with E-state index in [0.29, 0.717) is 12.6 Å². The molecule has 2 unspecified atom stereocenters. The van der Waals surface area contributed by atoms with Crippen molar-refractivity contribution in [1.82, 2.24) is 4.90 Å². The standard InChI is InChI=1S/C16H26N2O2/c1-4-12(2)18(3)11-14(17)13-6-7-15-16(10-13)20-9-5-8-19-15/h6-7,10,12,14H,4-5,8-9,11,17H2,1-3H3. The van der Waals surface area contributed by atoms with Crippen LogP contribution in [0.15, 0.2) is 18.2 Å². The SMILES string of the molecule is CCC(C)N(C)CC(N)c1ccc2c(c1)OCCCO2. The van der Waals surface area contributed by atoms with Crippen LogP contribution >= 0.6 is 0 Å². The number of hydrogen-bond acceptors (Lipinski definition) is 4. The minimum Gasteiger partial charge on any atom is -0.490 e. The Kier molecular flexibility index (Phi) is 5.26. The maximum absolute atomic E-state index is 6.32. The number of likely N-dealkylation sites (N-methyl/N-ethyl adjacent to an activating group) is 1. The fourth-order valence-corrected chi connectivity index (χ4v) is 2.32. The van der Waals surface area contributed by atoms with Crippen molar-refractivity contribution < 1.29 is 9.47 Å². The molecule has 1 aromatic carbocycles. The number of fused-ring (bicyclic) bond motifs is 1. The summed E-state index contributed by atoms with van der Waals surface area (Å²) in [6, 6.07) is 6.57. The maximum atomic E-state index is 6.32. The van der Waals surface area contributed by atoms with Crippen molar-refractivity contribution >= 4 is 0 Å². The normalized spacial score (nSPS) is 17.6. The Morgan fingerprint density at radius 3 is 2.65 bits per heavy atom. The smallest absolute Gasteiger partial charge is 0.161 e. The molecular formula is C16H26N2O2. The van der Waals surface area contributed by atoms with Crippen LogP contribution in [0.5, 0.6) is 11.5 Å². The highest BCUT2D eigenvalue weighted by molar-refractivity contribution is 5.44. The van der Waals surface area contributed by atoms with E-state index in [1.54, 1.807) is 0 Å². The molecule has 1 aromatic rings. The third-order valence-electron chi connectivity index (χ3n) is 4.03. The highest BCUT2D eigenvalue weighted by Crippen LogP contribution is 2.32. The molecule has 0 radical (unpaired) electrons. The first kappa shape index (κ1) is 15.1. The molecule has 0 aliphatic carbocycles. The molecule has 0 spiro atoms.